The van der Waals surface area contributed by atoms with Gasteiger partial charge in [0.2, 0.25) is 0 Å². The highest BCUT2D eigenvalue weighted by Crippen LogP contribution is 2.22. The Morgan fingerprint density at radius 3 is 2.50 bits per heavy atom. The molecule has 12 nitrogen and oxygen atoms in total. The van der Waals surface area contributed by atoms with Gasteiger partial charge in [0, 0.05) is 23.5 Å². The molecule has 1 aliphatic heterocycles. The van der Waals surface area contributed by atoms with Crippen LogP contribution in [-0.2, 0) is 19.1 Å². The Bertz CT molecular complexity index is 1250. The summed E-state index contributed by atoms with van der Waals surface area (Å²) in [5.74, 6) is -2.40. The SMILES string of the molecule is COC(=O)c1ccc(N2CCO[C@H]([C@@H](O)C(=O)Nc3ccc(-c4noc(=O)[nH]4)cc3)C2=O)cc1. The Balaban J connectivity index is 1.42. The van der Waals surface area contributed by atoms with Gasteiger partial charge in [-0.05, 0) is 48.5 Å². The number of H-pyrrole nitrogens is 1. The Morgan fingerprint density at radius 1 is 1.18 bits per heavy atom. The lowest BCUT2D eigenvalue weighted by Crippen LogP contribution is -2.55. The second-order valence-electron chi connectivity index (χ2n) is 7.27. The number of aromatic nitrogens is 2. The fourth-order valence-electron chi connectivity index (χ4n) is 3.40. The number of rotatable bonds is 6. The van der Waals surface area contributed by atoms with Gasteiger partial charge in [0.05, 0.1) is 19.3 Å². The summed E-state index contributed by atoms with van der Waals surface area (Å²) in [6.45, 7) is 0.316. The van der Waals surface area contributed by atoms with Gasteiger partial charge in [0.1, 0.15) is 0 Å². The van der Waals surface area contributed by atoms with Crippen LogP contribution in [0.4, 0.5) is 11.4 Å². The predicted molar refractivity (Wildman–Crippen MR) is 117 cm³/mol. The maximum atomic E-state index is 12.9. The maximum absolute atomic E-state index is 12.9. The molecular weight excluding hydrogens is 448 g/mol. The highest BCUT2D eigenvalue weighted by molar-refractivity contribution is 6.04. The molecule has 0 aliphatic carbocycles. The first-order valence-corrected chi connectivity index (χ1v) is 10.1. The lowest BCUT2D eigenvalue weighted by molar-refractivity contribution is -0.150. The first-order chi connectivity index (χ1) is 16.4. The number of anilines is 2. The van der Waals surface area contributed by atoms with E-state index in [1.165, 1.54) is 36.3 Å². The molecule has 2 aromatic carbocycles. The number of hydrogen-bond donors (Lipinski definition) is 3. The molecule has 1 fully saturated rings. The van der Waals surface area contributed by atoms with E-state index in [9.17, 15) is 24.3 Å². The topological polar surface area (TPSA) is 164 Å². The summed E-state index contributed by atoms with van der Waals surface area (Å²) in [5, 5.41) is 16.6. The van der Waals surface area contributed by atoms with Crippen LogP contribution in [0.3, 0.4) is 0 Å². The second kappa shape index (κ2) is 9.68. The lowest BCUT2D eigenvalue weighted by Gasteiger charge is -2.34. The average Bonchev–Trinajstić information content (AvgIpc) is 3.30. The molecule has 0 radical (unpaired) electrons. The molecule has 2 amide bonds. The Labute approximate surface area is 192 Å². The summed E-state index contributed by atoms with van der Waals surface area (Å²) in [5.41, 5.74) is 1.70. The molecule has 1 aromatic heterocycles. The lowest BCUT2D eigenvalue weighted by atomic mass is 10.1. The number of ether oxygens (including phenoxy) is 2. The van der Waals surface area contributed by atoms with Crippen LogP contribution in [0.25, 0.3) is 11.4 Å². The van der Waals surface area contributed by atoms with Gasteiger partial charge in [-0.25, -0.2) is 9.59 Å². The van der Waals surface area contributed by atoms with E-state index in [4.69, 9.17) is 4.74 Å². The number of hydrogen-bond acceptors (Lipinski definition) is 9. The number of aliphatic hydroxyl groups excluding tert-OH is 1. The van der Waals surface area contributed by atoms with Gasteiger partial charge in [0.25, 0.3) is 11.8 Å². The zero-order chi connectivity index (χ0) is 24.2. The third-order valence-corrected chi connectivity index (χ3v) is 5.14. The summed E-state index contributed by atoms with van der Waals surface area (Å²) in [6, 6.07) is 12.4. The number of methoxy groups -OCH3 is 1. The quantitative estimate of drug-likeness (QED) is 0.438. The van der Waals surface area contributed by atoms with Crippen LogP contribution in [-0.4, -0.2) is 65.5 Å². The van der Waals surface area contributed by atoms with E-state index in [-0.39, 0.29) is 19.0 Å². The van der Waals surface area contributed by atoms with Gasteiger partial charge in [-0.3, -0.25) is 19.1 Å². The molecule has 0 spiro atoms. The van der Waals surface area contributed by atoms with E-state index in [2.05, 4.69) is 24.7 Å². The minimum absolute atomic E-state index is 0.101. The maximum Gasteiger partial charge on any atom is 0.439 e. The van der Waals surface area contributed by atoms with Crippen molar-refractivity contribution in [3.63, 3.8) is 0 Å². The van der Waals surface area contributed by atoms with Crippen LogP contribution in [0.1, 0.15) is 10.4 Å². The van der Waals surface area contributed by atoms with E-state index in [0.717, 1.165) is 0 Å². The molecule has 4 rings (SSSR count). The van der Waals surface area contributed by atoms with Crippen molar-refractivity contribution in [2.45, 2.75) is 12.2 Å². The third-order valence-electron chi connectivity index (χ3n) is 5.14. The van der Waals surface area contributed by atoms with Crippen LogP contribution in [0, 0.1) is 0 Å². The van der Waals surface area contributed by atoms with Crippen molar-refractivity contribution in [2.24, 2.45) is 0 Å². The van der Waals surface area contributed by atoms with Crippen LogP contribution in [0.5, 0.6) is 0 Å². The second-order valence-corrected chi connectivity index (χ2v) is 7.27. The van der Waals surface area contributed by atoms with Gasteiger partial charge in [-0.2, -0.15) is 0 Å². The highest BCUT2D eigenvalue weighted by atomic mass is 16.5. The van der Waals surface area contributed by atoms with E-state index in [1.807, 2.05) is 0 Å². The molecule has 3 aromatic rings. The zero-order valence-electron chi connectivity index (χ0n) is 17.9. The van der Waals surface area contributed by atoms with Crippen molar-refractivity contribution < 1.29 is 33.5 Å². The molecule has 1 aliphatic rings. The number of aromatic amines is 1. The molecule has 176 valence electrons. The molecular formula is C22H20N4O8. The molecule has 2 heterocycles. The van der Waals surface area contributed by atoms with Crippen LogP contribution in [0.15, 0.2) is 57.8 Å². The van der Waals surface area contributed by atoms with Crippen molar-refractivity contribution in [2.75, 3.05) is 30.5 Å². The molecule has 0 bridgehead atoms. The summed E-state index contributed by atoms with van der Waals surface area (Å²) >= 11 is 0. The van der Waals surface area contributed by atoms with Gasteiger partial charge < -0.3 is 24.8 Å². The first-order valence-electron chi connectivity index (χ1n) is 10.1. The minimum atomic E-state index is -1.77. The molecule has 0 saturated carbocycles. The molecule has 3 N–H and O–H groups in total. The average molecular weight is 468 g/mol. The molecule has 1 saturated heterocycles. The van der Waals surface area contributed by atoms with Crippen LogP contribution in [0.2, 0.25) is 0 Å². The van der Waals surface area contributed by atoms with Crippen molar-refractivity contribution in [3.05, 3.63) is 64.6 Å². The Kier molecular flexibility index (Phi) is 6.52. The van der Waals surface area contributed by atoms with Gasteiger partial charge >= 0.3 is 11.7 Å². The Morgan fingerprint density at radius 2 is 1.88 bits per heavy atom. The molecule has 34 heavy (non-hydrogen) atoms. The normalized spacial score (nSPS) is 16.7. The minimum Gasteiger partial charge on any atom is -0.465 e. The van der Waals surface area contributed by atoms with Crippen molar-refractivity contribution in [3.8, 4) is 11.4 Å². The summed E-state index contributed by atoms with van der Waals surface area (Å²) in [7, 11) is 1.27. The molecule has 2 atom stereocenters. The first kappa shape index (κ1) is 22.9. The van der Waals surface area contributed by atoms with Crippen molar-refractivity contribution in [1.82, 2.24) is 10.1 Å². The standard InChI is InChI=1S/C22H20N4O8/c1-32-21(30)13-4-8-15(9-5-13)26-10-11-33-17(20(26)29)16(27)19(28)23-14-6-2-12(3-7-14)18-24-22(31)34-25-18/h2-9,16-17,27H,10-11H2,1H3,(H,23,28)(H,24,25,31)/t16-,17-/m1/s1. The summed E-state index contributed by atoms with van der Waals surface area (Å²) in [6.07, 6.45) is -3.18. The smallest absolute Gasteiger partial charge is 0.439 e. The number of esters is 1. The van der Waals surface area contributed by atoms with Gasteiger partial charge in [0.15, 0.2) is 18.0 Å². The number of amides is 2. The van der Waals surface area contributed by atoms with Crippen LogP contribution < -0.4 is 16.0 Å². The largest absolute Gasteiger partial charge is 0.465 e. The van der Waals surface area contributed by atoms with Crippen molar-refractivity contribution >= 4 is 29.2 Å². The van der Waals surface area contributed by atoms with Crippen LogP contribution >= 0.6 is 0 Å². The number of carbonyl (C=O) groups excluding carboxylic acids is 3. The number of aliphatic hydroxyl groups is 1. The van der Waals surface area contributed by atoms with E-state index >= 15 is 0 Å². The molecule has 12 heteroatoms. The monoisotopic (exact) mass is 468 g/mol. The predicted octanol–water partition coefficient (Wildman–Crippen LogP) is 0.548. The summed E-state index contributed by atoms with van der Waals surface area (Å²) in [4.78, 5) is 51.9. The Hall–Kier alpha value is -4.29. The van der Waals surface area contributed by atoms with Gasteiger partial charge in [-0.15, -0.1) is 0 Å². The number of carbonyl (C=O) groups is 3. The number of benzene rings is 2. The number of morpholine rings is 1. The fourth-order valence-corrected chi connectivity index (χ4v) is 3.40. The zero-order valence-corrected chi connectivity index (χ0v) is 17.9. The number of nitrogens with one attached hydrogen (secondary N) is 2. The van der Waals surface area contributed by atoms with E-state index < -0.39 is 35.7 Å². The van der Waals surface area contributed by atoms with Crippen molar-refractivity contribution in [1.29, 1.82) is 0 Å². The highest BCUT2D eigenvalue weighted by Gasteiger charge is 2.39. The van der Waals surface area contributed by atoms with E-state index in [1.54, 1.807) is 24.3 Å². The third kappa shape index (κ3) is 4.72. The van der Waals surface area contributed by atoms with Gasteiger partial charge in [-0.1, -0.05) is 5.16 Å². The fraction of sp³-hybridized carbons (Fsp3) is 0.227. The summed E-state index contributed by atoms with van der Waals surface area (Å²) < 4.78 is 14.5. The van der Waals surface area contributed by atoms with E-state index in [0.29, 0.717) is 22.5 Å². The number of nitrogens with zero attached hydrogens (tertiary/aromatic N) is 2. The molecule has 0 unspecified atom stereocenters.